The zero-order valence-electron chi connectivity index (χ0n) is 10.2. The van der Waals surface area contributed by atoms with E-state index in [1.165, 1.54) is 37.7 Å². The van der Waals surface area contributed by atoms with Crippen LogP contribution in [0.15, 0.2) is 24.3 Å². The zero-order chi connectivity index (χ0) is 11.4. The maximum Gasteiger partial charge on any atom is 0.115 e. The third-order valence-electron chi connectivity index (χ3n) is 3.98. The standard InChI is InChI=1S/C15H22O/c1-2-12-6-8-13(9-7-12)10-14-4-3-5-15(16)11-14/h3-5,11-13,16H,2,6-10H2,1H3. The zero-order valence-corrected chi connectivity index (χ0v) is 10.2. The minimum atomic E-state index is 0.403. The Morgan fingerprint density at radius 2 is 1.81 bits per heavy atom. The molecule has 1 aliphatic rings. The molecule has 1 fully saturated rings. The van der Waals surface area contributed by atoms with Crippen molar-refractivity contribution in [3.8, 4) is 5.75 Å². The molecule has 1 heteroatoms. The second-order valence-electron chi connectivity index (χ2n) is 5.17. The number of aromatic hydroxyl groups is 1. The van der Waals surface area contributed by atoms with Gasteiger partial charge < -0.3 is 5.11 Å². The van der Waals surface area contributed by atoms with Crippen LogP contribution >= 0.6 is 0 Å². The Balaban J connectivity index is 1.87. The predicted octanol–water partition coefficient (Wildman–Crippen LogP) is 4.15. The molecule has 0 aromatic heterocycles. The molecule has 1 aromatic rings. The summed E-state index contributed by atoms with van der Waals surface area (Å²) in [6.45, 7) is 2.31. The van der Waals surface area contributed by atoms with Gasteiger partial charge >= 0.3 is 0 Å². The van der Waals surface area contributed by atoms with Crippen molar-refractivity contribution >= 4 is 0 Å². The molecule has 1 nitrogen and oxygen atoms in total. The van der Waals surface area contributed by atoms with Gasteiger partial charge in [-0.15, -0.1) is 0 Å². The van der Waals surface area contributed by atoms with Gasteiger partial charge in [-0.05, 0) is 48.8 Å². The summed E-state index contributed by atoms with van der Waals surface area (Å²) < 4.78 is 0. The fraction of sp³-hybridized carbons (Fsp3) is 0.600. The van der Waals surface area contributed by atoms with Gasteiger partial charge in [0.05, 0.1) is 0 Å². The summed E-state index contributed by atoms with van der Waals surface area (Å²) >= 11 is 0. The highest BCUT2D eigenvalue weighted by molar-refractivity contribution is 5.27. The van der Waals surface area contributed by atoms with Crippen LogP contribution < -0.4 is 0 Å². The van der Waals surface area contributed by atoms with Gasteiger partial charge in [-0.1, -0.05) is 38.3 Å². The Labute approximate surface area is 98.5 Å². The van der Waals surface area contributed by atoms with Crippen LogP contribution in [0.2, 0.25) is 0 Å². The van der Waals surface area contributed by atoms with E-state index in [1.807, 2.05) is 12.1 Å². The van der Waals surface area contributed by atoms with E-state index in [4.69, 9.17) is 0 Å². The summed E-state index contributed by atoms with van der Waals surface area (Å²) in [5.41, 5.74) is 1.29. The molecule has 0 unspecified atom stereocenters. The molecule has 0 atom stereocenters. The number of hydrogen-bond donors (Lipinski definition) is 1. The van der Waals surface area contributed by atoms with Crippen LogP contribution in [0.3, 0.4) is 0 Å². The SMILES string of the molecule is CCC1CCC(Cc2cccc(O)c2)CC1. The van der Waals surface area contributed by atoms with Gasteiger partial charge in [-0.2, -0.15) is 0 Å². The van der Waals surface area contributed by atoms with Gasteiger partial charge in [-0.25, -0.2) is 0 Å². The Morgan fingerprint density at radius 3 is 2.44 bits per heavy atom. The highest BCUT2D eigenvalue weighted by atomic mass is 16.3. The van der Waals surface area contributed by atoms with E-state index >= 15 is 0 Å². The van der Waals surface area contributed by atoms with Crippen LogP contribution in [0.5, 0.6) is 5.75 Å². The van der Waals surface area contributed by atoms with Crippen LogP contribution in [0.4, 0.5) is 0 Å². The highest BCUT2D eigenvalue weighted by Gasteiger charge is 2.19. The van der Waals surface area contributed by atoms with E-state index in [0.717, 1.165) is 18.3 Å². The molecule has 0 aliphatic heterocycles. The van der Waals surface area contributed by atoms with E-state index in [9.17, 15) is 5.11 Å². The lowest BCUT2D eigenvalue weighted by Crippen LogP contribution is -2.15. The third-order valence-corrected chi connectivity index (χ3v) is 3.98. The van der Waals surface area contributed by atoms with E-state index in [0.29, 0.717) is 5.75 Å². The van der Waals surface area contributed by atoms with Crippen molar-refractivity contribution in [3.05, 3.63) is 29.8 Å². The first-order chi connectivity index (χ1) is 7.78. The number of benzene rings is 1. The molecule has 1 aliphatic carbocycles. The summed E-state index contributed by atoms with van der Waals surface area (Å²) in [4.78, 5) is 0. The quantitative estimate of drug-likeness (QED) is 0.808. The first kappa shape index (κ1) is 11.5. The van der Waals surface area contributed by atoms with Gasteiger partial charge in [0, 0.05) is 0 Å². The smallest absolute Gasteiger partial charge is 0.115 e. The summed E-state index contributed by atoms with van der Waals surface area (Å²) in [5, 5.41) is 9.42. The topological polar surface area (TPSA) is 20.2 Å². The molecule has 88 valence electrons. The van der Waals surface area contributed by atoms with Gasteiger partial charge in [0.1, 0.15) is 5.75 Å². The number of phenols is 1. The van der Waals surface area contributed by atoms with E-state index in [1.54, 1.807) is 6.07 Å². The van der Waals surface area contributed by atoms with Crippen molar-refractivity contribution < 1.29 is 5.11 Å². The highest BCUT2D eigenvalue weighted by Crippen LogP contribution is 2.32. The summed E-state index contributed by atoms with van der Waals surface area (Å²) in [7, 11) is 0. The van der Waals surface area contributed by atoms with Gasteiger partial charge in [0.25, 0.3) is 0 Å². The van der Waals surface area contributed by atoms with Crippen molar-refractivity contribution in [1.29, 1.82) is 0 Å². The largest absolute Gasteiger partial charge is 0.508 e. The van der Waals surface area contributed by atoms with Crippen LogP contribution in [-0.4, -0.2) is 5.11 Å². The minimum Gasteiger partial charge on any atom is -0.508 e. The Bertz CT molecular complexity index is 324. The monoisotopic (exact) mass is 218 g/mol. The molecule has 0 spiro atoms. The third kappa shape index (κ3) is 3.01. The van der Waals surface area contributed by atoms with Crippen LogP contribution in [-0.2, 0) is 6.42 Å². The van der Waals surface area contributed by atoms with Gasteiger partial charge in [-0.3, -0.25) is 0 Å². The molecule has 1 N–H and O–H groups in total. The van der Waals surface area contributed by atoms with Crippen molar-refractivity contribution in [3.63, 3.8) is 0 Å². The summed E-state index contributed by atoms with van der Waals surface area (Å²) in [6.07, 6.45) is 8.03. The Hall–Kier alpha value is -0.980. The fourth-order valence-corrected chi connectivity index (χ4v) is 2.86. The lowest BCUT2D eigenvalue weighted by molar-refractivity contribution is 0.268. The number of hydrogen-bond acceptors (Lipinski definition) is 1. The minimum absolute atomic E-state index is 0.403. The molecular formula is C15H22O. The lowest BCUT2D eigenvalue weighted by Gasteiger charge is -2.27. The van der Waals surface area contributed by atoms with Crippen molar-refractivity contribution in [2.24, 2.45) is 11.8 Å². The van der Waals surface area contributed by atoms with E-state index in [2.05, 4.69) is 13.0 Å². The fourth-order valence-electron chi connectivity index (χ4n) is 2.86. The average molecular weight is 218 g/mol. The van der Waals surface area contributed by atoms with E-state index in [-0.39, 0.29) is 0 Å². The second-order valence-corrected chi connectivity index (χ2v) is 5.17. The average Bonchev–Trinajstić information content (AvgIpc) is 2.30. The van der Waals surface area contributed by atoms with Crippen LogP contribution in [0.25, 0.3) is 0 Å². The molecule has 16 heavy (non-hydrogen) atoms. The van der Waals surface area contributed by atoms with Gasteiger partial charge in [0.15, 0.2) is 0 Å². The molecule has 0 radical (unpaired) electrons. The van der Waals surface area contributed by atoms with Crippen molar-refractivity contribution in [1.82, 2.24) is 0 Å². The van der Waals surface area contributed by atoms with Crippen LogP contribution in [0.1, 0.15) is 44.6 Å². The number of rotatable bonds is 3. The maximum atomic E-state index is 9.42. The summed E-state index contributed by atoms with van der Waals surface area (Å²) in [5.74, 6) is 2.21. The first-order valence-electron chi connectivity index (χ1n) is 6.56. The second kappa shape index (κ2) is 5.38. The molecular weight excluding hydrogens is 196 g/mol. The first-order valence-corrected chi connectivity index (χ1v) is 6.56. The summed E-state index contributed by atoms with van der Waals surface area (Å²) in [6, 6.07) is 7.73. The molecule has 1 aromatic carbocycles. The van der Waals surface area contributed by atoms with Gasteiger partial charge in [0.2, 0.25) is 0 Å². The molecule has 0 heterocycles. The lowest BCUT2D eigenvalue weighted by atomic mass is 9.78. The molecule has 1 saturated carbocycles. The molecule has 0 bridgehead atoms. The molecule has 0 saturated heterocycles. The number of phenolic OH excluding ortho intramolecular Hbond substituents is 1. The predicted molar refractivity (Wildman–Crippen MR) is 67.5 cm³/mol. The molecule has 2 rings (SSSR count). The van der Waals surface area contributed by atoms with E-state index < -0.39 is 0 Å². The molecule has 0 amide bonds. The maximum absolute atomic E-state index is 9.42. The normalized spacial score (nSPS) is 25.6. The van der Waals surface area contributed by atoms with Crippen molar-refractivity contribution in [2.45, 2.75) is 45.4 Å². The van der Waals surface area contributed by atoms with Crippen LogP contribution in [0, 0.1) is 11.8 Å². The van der Waals surface area contributed by atoms with Crippen molar-refractivity contribution in [2.75, 3.05) is 0 Å². The Kier molecular flexibility index (Phi) is 3.87. The Morgan fingerprint density at radius 1 is 1.12 bits per heavy atom.